The van der Waals surface area contributed by atoms with Crippen molar-refractivity contribution in [1.82, 2.24) is 9.97 Å². The quantitative estimate of drug-likeness (QED) is 0.451. The molecule has 2 heterocycles. The maximum Gasteiger partial charge on any atom is 0.174 e. The number of benzene rings is 1. The minimum absolute atomic E-state index is 0.717. The number of nitrogen functional groups attached to an aromatic ring is 1. The molecule has 3 rings (SSSR count). The van der Waals surface area contributed by atoms with Gasteiger partial charge in [0, 0.05) is 0 Å². The third-order valence-corrected chi connectivity index (χ3v) is 2.40. The average molecular weight is 214 g/mol. The van der Waals surface area contributed by atoms with Crippen LogP contribution in [0.4, 0.5) is 5.69 Å². The van der Waals surface area contributed by atoms with Crippen LogP contribution in [0.25, 0.3) is 22.6 Å². The van der Waals surface area contributed by atoms with Crippen molar-refractivity contribution < 1.29 is 4.42 Å². The van der Waals surface area contributed by atoms with Crippen molar-refractivity contribution in [2.24, 2.45) is 5.84 Å². The molecule has 0 fully saturated rings. The Bertz CT molecular complexity index is 612. The second-order valence-corrected chi connectivity index (χ2v) is 3.44. The topological polar surface area (TPSA) is 79.9 Å². The number of hydrazine groups is 1. The molecule has 4 N–H and O–H groups in total. The standard InChI is InChI=1S/C11H10N4O/c12-15-7-3-4-8-9(6-7)14-11(13-8)10-2-1-5-16-10/h1-6,15H,12H2,(H,13,14). The molecule has 0 unspecified atom stereocenters. The highest BCUT2D eigenvalue weighted by Crippen LogP contribution is 2.22. The van der Waals surface area contributed by atoms with Gasteiger partial charge in [-0.1, -0.05) is 0 Å². The molecule has 0 atom stereocenters. The minimum atomic E-state index is 0.717. The smallest absolute Gasteiger partial charge is 0.174 e. The monoisotopic (exact) mass is 214 g/mol. The molecule has 0 aliphatic carbocycles. The number of rotatable bonds is 2. The lowest BCUT2D eigenvalue weighted by Gasteiger charge is -1.96. The van der Waals surface area contributed by atoms with Crippen LogP contribution < -0.4 is 11.3 Å². The molecule has 0 aliphatic heterocycles. The van der Waals surface area contributed by atoms with E-state index in [1.807, 2.05) is 30.3 Å². The lowest BCUT2D eigenvalue weighted by atomic mass is 10.3. The highest BCUT2D eigenvalue weighted by molar-refractivity contribution is 5.81. The van der Waals surface area contributed by atoms with Gasteiger partial charge in [-0.3, -0.25) is 5.84 Å². The number of imidazole rings is 1. The summed E-state index contributed by atoms with van der Waals surface area (Å²) in [6.07, 6.45) is 1.62. The van der Waals surface area contributed by atoms with Crippen molar-refractivity contribution in [3.05, 3.63) is 36.6 Å². The van der Waals surface area contributed by atoms with Gasteiger partial charge in [0.2, 0.25) is 0 Å². The summed E-state index contributed by atoms with van der Waals surface area (Å²) in [7, 11) is 0. The Labute approximate surface area is 91.3 Å². The summed E-state index contributed by atoms with van der Waals surface area (Å²) in [5, 5.41) is 0. The van der Waals surface area contributed by atoms with Crippen LogP contribution in [0, 0.1) is 0 Å². The molecule has 0 bridgehead atoms. The second-order valence-electron chi connectivity index (χ2n) is 3.44. The molecule has 0 saturated heterocycles. The number of furan rings is 1. The fraction of sp³-hybridized carbons (Fsp3) is 0. The molecule has 0 amide bonds. The minimum Gasteiger partial charge on any atom is -0.461 e. The first-order valence-electron chi connectivity index (χ1n) is 4.87. The zero-order valence-corrected chi connectivity index (χ0v) is 8.40. The molecule has 0 aliphatic rings. The first-order chi connectivity index (χ1) is 7.86. The Balaban J connectivity index is 2.16. The molecule has 1 aromatic carbocycles. The maximum absolute atomic E-state index is 5.34. The Hall–Kier alpha value is -2.27. The van der Waals surface area contributed by atoms with E-state index in [1.54, 1.807) is 6.26 Å². The summed E-state index contributed by atoms with van der Waals surface area (Å²) < 4.78 is 5.27. The van der Waals surface area contributed by atoms with Crippen molar-refractivity contribution in [3.63, 3.8) is 0 Å². The van der Waals surface area contributed by atoms with Crippen molar-refractivity contribution in [2.75, 3.05) is 5.43 Å². The van der Waals surface area contributed by atoms with Gasteiger partial charge in [0.25, 0.3) is 0 Å². The Morgan fingerprint density at radius 1 is 1.31 bits per heavy atom. The predicted octanol–water partition coefficient (Wildman–Crippen LogP) is 2.11. The summed E-state index contributed by atoms with van der Waals surface area (Å²) in [4.78, 5) is 7.58. The third-order valence-electron chi connectivity index (χ3n) is 2.40. The van der Waals surface area contributed by atoms with Crippen molar-refractivity contribution >= 4 is 16.7 Å². The van der Waals surface area contributed by atoms with Crippen LogP contribution in [0.5, 0.6) is 0 Å². The van der Waals surface area contributed by atoms with Crippen molar-refractivity contribution in [2.45, 2.75) is 0 Å². The molecule has 0 saturated carbocycles. The zero-order valence-electron chi connectivity index (χ0n) is 8.40. The summed E-state index contributed by atoms with van der Waals surface area (Å²) >= 11 is 0. The van der Waals surface area contributed by atoms with Gasteiger partial charge in [-0.15, -0.1) is 0 Å². The van der Waals surface area contributed by atoms with E-state index in [0.717, 1.165) is 22.5 Å². The molecular formula is C11H10N4O. The summed E-state index contributed by atoms with van der Waals surface area (Å²) in [5.74, 6) is 6.78. The van der Waals surface area contributed by atoms with Crippen LogP contribution in [0.15, 0.2) is 41.0 Å². The number of H-pyrrole nitrogens is 1. The first kappa shape index (κ1) is 8.99. The molecule has 3 aromatic rings. The van der Waals surface area contributed by atoms with Crippen LogP contribution in [0.3, 0.4) is 0 Å². The number of aromatic nitrogens is 2. The largest absolute Gasteiger partial charge is 0.461 e. The predicted molar refractivity (Wildman–Crippen MR) is 61.6 cm³/mol. The van der Waals surface area contributed by atoms with Gasteiger partial charge in [-0.2, -0.15) is 0 Å². The van der Waals surface area contributed by atoms with Crippen LogP contribution in [-0.2, 0) is 0 Å². The van der Waals surface area contributed by atoms with E-state index in [9.17, 15) is 0 Å². The summed E-state index contributed by atoms with van der Waals surface area (Å²) in [5.41, 5.74) is 5.23. The van der Waals surface area contributed by atoms with Gasteiger partial charge >= 0.3 is 0 Å². The van der Waals surface area contributed by atoms with Crippen molar-refractivity contribution in [3.8, 4) is 11.6 Å². The van der Waals surface area contributed by atoms with Gasteiger partial charge in [-0.25, -0.2) is 4.98 Å². The fourth-order valence-electron chi connectivity index (χ4n) is 1.63. The fourth-order valence-corrected chi connectivity index (χ4v) is 1.63. The van der Waals surface area contributed by atoms with Gasteiger partial charge < -0.3 is 14.8 Å². The van der Waals surface area contributed by atoms with Gasteiger partial charge in [0.1, 0.15) is 0 Å². The second kappa shape index (κ2) is 3.39. The average Bonchev–Trinajstić information content (AvgIpc) is 2.96. The van der Waals surface area contributed by atoms with Crippen LogP contribution in [-0.4, -0.2) is 9.97 Å². The Kier molecular flexibility index (Phi) is 1.91. The zero-order chi connectivity index (χ0) is 11.0. The number of nitrogens with two attached hydrogens (primary N) is 1. The van der Waals surface area contributed by atoms with E-state index >= 15 is 0 Å². The first-order valence-corrected chi connectivity index (χ1v) is 4.87. The highest BCUT2D eigenvalue weighted by atomic mass is 16.3. The van der Waals surface area contributed by atoms with Crippen molar-refractivity contribution in [1.29, 1.82) is 0 Å². The third kappa shape index (κ3) is 1.34. The Morgan fingerprint density at radius 3 is 3.00 bits per heavy atom. The Morgan fingerprint density at radius 2 is 2.25 bits per heavy atom. The van der Waals surface area contributed by atoms with E-state index in [4.69, 9.17) is 10.3 Å². The number of anilines is 1. The van der Waals surface area contributed by atoms with E-state index in [0.29, 0.717) is 5.82 Å². The number of fused-ring (bicyclic) bond motifs is 1. The lowest BCUT2D eigenvalue weighted by Crippen LogP contribution is -2.05. The summed E-state index contributed by atoms with van der Waals surface area (Å²) in [6, 6.07) is 9.35. The van der Waals surface area contributed by atoms with Crippen LogP contribution in [0.2, 0.25) is 0 Å². The van der Waals surface area contributed by atoms with Crippen LogP contribution >= 0.6 is 0 Å². The summed E-state index contributed by atoms with van der Waals surface area (Å²) in [6.45, 7) is 0. The van der Waals surface area contributed by atoms with Gasteiger partial charge in [0.05, 0.1) is 23.0 Å². The molecular weight excluding hydrogens is 204 g/mol. The number of nitrogens with zero attached hydrogens (tertiary/aromatic N) is 1. The number of hydrogen-bond donors (Lipinski definition) is 3. The number of hydrogen-bond acceptors (Lipinski definition) is 4. The van der Waals surface area contributed by atoms with E-state index < -0.39 is 0 Å². The SMILES string of the molecule is NNc1ccc2nc(-c3ccco3)[nH]c2c1. The molecule has 80 valence electrons. The van der Waals surface area contributed by atoms with Gasteiger partial charge in [0.15, 0.2) is 11.6 Å². The normalized spacial score (nSPS) is 10.8. The maximum atomic E-state index is 5.34. The van der Waals surface area contributed by atoms with Gasteiger partial charge in [-0.05, 0) is 30.3 Å². The van der Waals surface area contributed by atoms with E-state index in [-0.39, 0.29) is 0 Å². The van der Waals surface area contributed by atoms with E-state index in [2.05, 4.69) is 15.4 Å². The molecule has 5 nitrogen and oxygen atoms in total. The highest BCUT2D eigenvalue weighted by Gasteiger charge is 2.07. The number of nitrogens with one attached hydrogen (secondary N) is 2. The van der Waals surface area contributed by atoms with Crippen LogP contribution in [0.1, 0.15) is 0 Å². The molecule has 2 aromatic heterocycles. The molecule has 16 heavy (non-hydrogen) atoms. The lowest BCUT2D eigenvalue weighted by molar-refractivity contribution is 0.578. The molecule has 0 radical (unpaired) electrons. The molecule has 5 heteroatoms. The number of aromatic amines is 1. The molecule has 0 spiro atoms. The van der Waals surface area contributed by atoms with E-state index in [1.165, 1.54) is 0 Å².